The van der Waals surface area contributed by atoms with Crippen LogP contribution in [0.1, 0.15) is 6.92 Å². The van der Waals surface area contributed by atoms with Crippen molar-refractivity contribution in [2.75, 3.05) is 37.7 Å². The molecule has 4 aromatic rings. The van der Waals surface area contributed by atoms with Crippen LogP contribution >= 0.6 is 15.9 Å². The van der Waals surface area contributed by atoms with Crippen LogP contribution in [0, 0.1) is 0 Å². The van der Waals surface area contributed by atoms with Crippen LogP contribution in [0.2, 0.25) is 0 Å². The molecule has 2 aromatic heterocycles. The Kier molecular flexibility index (Phi) is 6.19. The molecule has 1 aliphatic heterocycles. The molecule has 0 radical (unpaired) electrons. The second-order valence-corrected chi connectivity index (χ2v) is 10.5. The van der Waals surface area contributed by atoms with E-state index in [1.165, 1.54) is 10.6 Å². The monoisotopic (exact) mass is 543 g/mol. The molecular weight excluding hydrogens is 522 g/mol. The summed E-state index contributed by atoms with van der Waals surface area (Å²) in [5.74, 6) is 1.42. The molecule has 1 saturated heterocycles. The van der Waals surface area contributed by atoms with Crippen LogP contribution in [0.15, 0.2) is 64.2 Å². The van der Waals surface area contributed by atoms with E-state index in [1.807, 2.05) is 36.1 Å². The van der Waals surface area contributed by atoms with Crippen molar-refractivity contribution in [2.24, 2.45) is 0 Å². The predicted octanol–water partition coefficient (Wildman–Crippen LogP) is 2.88. The molecule has 0 bridgehead atoms. The second kappa shape index (κ2) is 9.28. The van der Waals surface area contributed by atoms with Crippen LogP contribution in [0.3, 0.4) is 0 Å². The maximum Gasteiger partial charge on any atom is 0.243 e. The van der Waals surface area contributed by atoms with Crippen LogP contribution in [-0.2, 0) is 10.0 Å². The van der Waals surface area contributed by atoms with Gasteiger partial charge in [0.25, 0.3) is 0 Å². The van der Waals surface area contributed by atoms with E-state index in [0.29, 0.717) is 49.8 Å². The van der Waals surface area contributed by atoms with Gasteiger partial charge in [-0.3, -0.25) is 0 Å². The van der Waals surface area contributed by atoms with Gasteiger partial charge < -0.3 is 9.64 Å². The maximum absolute atomic E-state index is 13.0. The summed E-state index contributed by atoms with van der Waals surface area (Å²) in [5, 5.41) is 8.62. The molecule has 1 aliphatic rings. The zero-order valence-corrected chi connectivity index (χ0v) is 20.8. The number of rotatable bonds is 6. The minimum absolute atomic E-state index is 0.284. The summed E-state index contributed by atoms with van der Waals surface area (Å²) < 4.78 is 35.5. The quantitative estimate of drug-likeness (QED) is 0.365. The highest BCUT2D eigenvalue weighted by Crippen LogP contribution is 2.26. The normalized spacial score (nSPS) is 15.1. The van der Waals surface area contributed by atoms with Gasteiger partial charge in [-0.25, -0.2) is 18.4 Å². The first-order chi connectivity index (χ1) is 16.5. The number of benzene rings is 2. The highest BCUT2D eigenvalue weighted by atomic mass is 79.9. The Bertz CT molecular complexity index is 1400. The molecule has 0 unspecified atom stereocenters. The van der Waals surface area contributed by atoms with Gasteiger partial charge in [-0.05, 0) is 55.5 Å². The van der Waals surface area contributed by atoms with Gasteiger partial charge in [-0.15, -0.1) is 5.10 Å². The fourth-order valence-corrected chi connectivity index (χ4v) is 5.57. The van der Waals surface area contributed by atoms with Crippen LogP contribution < -0.4 is 9.64 Å². The number of ether oxygens (including phenoxy) is 1. The fraction of sp³-hybridized carbons (Fsp3) is 0.273. The van der Waals surface area contributed by atoms with Crippen molar-refractivity contribution >= 4 is 42.9 Å². The van der Waals surface area contributed by atoms with Crippen LogP contribution in [0.4, 0.5) is 5.82 Å². The predicted molar refractivity (Wildman–Crippen MR) is 131 cm³/mol. The number of fused-ring (bicyclic) bond motifs is 1. The fourth-order valence-electron chi connectivity index (χ4n) is 3.89. The van der Waals surface area contributed by atoms with E-state index in [9.17, 15) is 8.42 Å². The Morgan fingerprint density at radius 3 is 2.35 bits per heavy atom. The second-order valence-electron chi connectivity index (χ2n) is 7.64. The van der Waals surface area contributed by atoms with Gasteiger partial charge in [0.1, 0.15) is 12.1 Å². The first-order valence-corrected chi connectivity index (χ1v) is 13.0. The van der Waals surface area contributed by atoms with E-state index in [0.717, 1.165) is 15.9 Å². The van der Waals surface area contributed by atoms with Crippen molar-refractivity contribution in [3.05, 3.63) is 59.3 Å². The maximum atomic E-state index is 13.0. The minimum Gasteiger partial charge on any atom is -0.494 e. The Labute approximate surface area is 205 Å². The summed E-state index contributed by atoms with van der Waals surface area (Å²) >= 11 is 3.34. The lowest BCUT2D eigenvalue weighted by Crippen LogP contribution is -2.49. The molecule has 2 aromatic carbocycles. The molecule has 0 saturated carbocycles. The lowest BCUT2D eigenvalue weighted by molar-refractivity contribution is 0.340. The van der Waals surface area contributed by atoms with Gasteiger partial charge >= 0.3 is 0 Å². The molecule has 0 aliphatic carbocycles. The van der Waals surface area contributed by atoms with Crippen LogP contribution in [0.25, 0.3) is 16.9 Å². The first kappa shape index (κ1) is 22.7. The zero-order chi connectivity index (χ0) is 23.7. The third-order valence-electron chi connectivity index (χ3n) is 5.60. The first-order valence-electron chi connectivity index (χ1n) is 10.8. The summed E-state index contributed by atoms with van der Waals surface area (Å²) in [6.07, 6.45) is 1.48. The Morgan fingerprint density at radius 1 is 0.971 bits per heavy atom. The molecule has 12 heteroatoms. The molecule has 0 amide bonds. The summed E-state index contributed by atoms with van der Waals surface area (Å²) in [4.78, 5) is 11.1. The SMILES string of the molecule is CCOc1ccc(-n2nnc3c(N4CCN(S(=O)(=O)c5ccc(Br)cc5)CC4)ncnc32)cc1. The molecule has 1 fully saturated rings. The van der Waals surface area contributed by atoms with Crippen molar-refractivity contribution in [1.82, 2.24) is 29.3 Å². The third kappa shape index (κ3) is 4.24. The average Bonchev–Trinajstić information content (AvgIpc) is 3.29. The molecule has 10 nitrogen and oxygen atoms in total. The van der Waals surface area contributed by atoms with Crippen molar-refractivity contribution < 1.29 is 13.2 Å². The number of hydrogen-bond acceptors (Lipinski definition) is 8. The summed E-state index contributed by atoms with van der Waals surface area (Å²) in [5.41, 5.74) is 1.96. The smallest absolute Gasteiger partial charge is 0.243 e. The van der Waals surface area contributed by atoms with Crippen LogP contribution in [-0.4, -0.2) is 70.5 Å². The van der Waals surface area contributed by atoms with Crippen molar-refractivity contribution in [3.8, 4) is 11.4 Å². The molecule has 0 N–H and O–H groups in total. The van der Waals surface area contributed by atoms with Gasteiger partial charge in [-0.1, -0.05) is 21.1 Å². The number of sulfonamides is 1. The highest BCUT2D eigenvalue weighted by Gasteiger charge is 2.30. The molecule has 0 spiro atoms. The third-order valence-corrected chi connectivity index (χ3v) is 8.04. The lowest BCUT2D eigenvalue weighted by atomic mass is 10.3. The van der Waals surface area contributed by atoms with E-state index in [2.05, 4.69) is 36.2 Å². The summed E-state index contributed by atoms with van der Waals surface area (Å²) in [7, 11) is -3.56. The van der Waals surface area contributed by atoms with E-state index in [1.54, 1.807) is 28.9 Å². The van der Waals surface area contributed by atoms with E-state index in [-0.39, 0.29) is 4.90 Å². The number of piperazine rings is 1. The topological polar surface area (TPSA) is 106 Å². The largest absolute Gasteiger partial charge is 0.494 e. The minimum atomic E-state index is -3.56. The van der Waals surface area contributed by atoms with E-state index >= 15 is 0 Å². The van der Waals surface area contributed by atoms with Gasteiger partial charge in [0.2, 0.25) is 10.0 Å². The summed E-state index contributed by atoms with van der Waals surface area (Å²) in [6.45, 7) is 4.19. The molecule has 34 heavy (non-hydrogen) atoms. The number of halogens is 1. The number of nitrogens with zero attached hydrogens (tertiary/aromatic N) is 7. The van der Waals surface area contributed by atoms with Crippen LogP contribution in [0.5, 0.6) is 5.75 Å². The molecule has 3 heterocycles. The Morgan fingerprint density at radius 2 is 1.68 bits per heavy atom. The molecule has 0 atom stereocenters. The standard InChI is InChI=1S/C22H22BrN7O3S/c1-2-33-18-7-5-17(6-8-18)30-22-20(26-27-30)21(24-15-25-22)28-11-13-29(14-12-28)34(31,32)19-9-3-16(23)4-10-19/h3-10,15H,2,11-14H2,1H3. The van der Waals surface area contributed by atoms with Gasteiger partial charge in [-0.2, -0.15) is 8.99 Å². The Hall–Kier alpha value is -3.09. The molecular formula is C22H22BrN7O3S. The van der Waals surface area contributed by atoms with E-state index in [4.69, 9.17) is 4.74 Å². The van der Waals surface area contributed by atoms with Gasteiger partial charge in [0.05, 0.1) is 17.2 Å². The highest BCUT2D eigenvalue weighted by molar-refractivity contribution is 9.10. The van der Waals surface area contributed by atoms with Gasteiger partial charge in [0.15, 0.2) is 17.0 Å². The number of hydrogen-bond donors (Lipinski definition) is 0. The van der Waals surface area contributed by atoms with Crippen molar-refractivity contribution in [2.45, 2.75) is 11.8 Å². The summed E-state index contributed by atoms with van der Waals surface area (Å²) in [6, 6.07) is 14.2. The molecule has 176 valence electrons. The number of aromatic nitrogens is 5. The van der Waals surface area contributed by atoms with Crippen molar-refractivity contribution in [1.29, 1.82) is 0 Å². The Balaban J connectivity index is 1.36. The molecule has 5 rings (SSSR count). The lowest BCUT2D eigenvalue weighted by Gasteiger charge is -2.34. The van der Waals surface area contributed by atoms with E-state index < -0.39 is 10.0 Å². The van der Waals surface area contributed by atoms with Gasteiger partial charge in [0, 0.05) is 30.7 Å². The van der Waals surface area contributed by atoms with Crippen molar-refractivity contribution in [3.63, 3.8) is 0 Å². The zero-order valence-electron chi connectivity index (χ0n) is 18.4. The number of anilines is 1. The average molecular weight is 544 g/mol.